The van der Waals surface area contributed by atoms with Gasteiger partial charge in [0.05, 0.1) is 13.2 Å². The molecular weight excluding hydrogens is 144 g/mol. The van der Waals surface area contributed by atoms with Crippen molar-refractivity contribution >= 4 is 0 Å². The minimum atomic E-state index is 0. The summed E-state index contributed by atoms with van der Waals surface area (Å²) in [6.07, 6.45) is 4.51. The van der Waals surface area contributed by atoms with Gasteiger partial charge in [-0.15, -0.1) is 0 Å². The van der Waals surface area contributed by atoms with Gasteiger partial charge in [-0.1, -0.05) is 26.7 Å². The third-order valence-electron chi connectivity index (χ3n) is 1.25. The number of unbranched alkanes of at least 4 members (excludes halogenated alkanes) is 2. The molecule has 70 valence electrons. The molecular formula is C8H20O3. The van der Waals surface area contributed by atoms with Crippen LogP contribution < -0.4 is 0 Å². The van der Waals surface area contributed by atoms with E-state index in [1.165, 1.54) is 0 Å². The van der Waals surface area contributed by atoms with Crippen molar-refractivity contribution in [1.29, 1.82) is 0 Å². The van der Waals surface area contributed by atoms with E-state index < -0.39 is 0 Å². The Labute approximate surface area is 68.9 Å². The highest BCUT2D eigenvalue weighted by molar-refractivity contribution is 4.28. The summed E-state index contributed by atoms with van der Waals surface area (Å²) < 4.78 is 0. The second-order valence-corrected chi connectivity index (χ2v) is 2.35. The number of rotatable bonds is 7. The molecule has 0 unspecified atom stereocenters. The Balaban J connectivity index is 0. The Hall–Kier alpha value is -0.120. The van der Waals surface area contributed by atoms with Crippen LogP contribution in [0, 0.1) is 0 Å². The zero-order chi connectivity index (χ0) is 7.66. The Kier molecular flexibility index (Phi) is 15.4. The first-order valence-corrected chi connectivity index (χ1v) is 4.16. The van der Waals surface area contributed by atoms with Gasteiger partial charge >= 0.3 is 0 Å². The summed E-state index contributed by atoms with van der Waals surface area (Å²) in [6.45, 7) is 5.74. The summed E-state index contributed by atoms with van der Waals surface area (Å²) >= 11 is 0. The Bertz CT molecular complexity index is 49.3. The lowest BCUT2D eigenvalue weighted by Crippen LogP contribution is -1.97. The summed E-state index contributed by atoms with van der Waals surface area (Å²) in [4.78, 5) is 9.75. The Morgan fingerprint density at radius 3 is 1.45 bits per heavy atom. The van der Waals surface area contributed by atoms with Crippen molar-refractivity contribution in [3.8, 4) is 0 Å². The monoisotopic (exact) mass is 164 g/mol. The highest BCUT2D eigenvalue weighted by atomic mass is 17.2. The maximum absolute atomic E-state index is 4.88. The molecule has 0 aliphatic heterocycles. The van der Waals surface area contributed by atoms with Gasteiger partial charge < -0.3 is 5.48 Å². The third-order valence-corrected chi connectivity index (χ3v) is 1.25. The van der Waals surface area contributed by atoms with Crippen molar-refractivity contribution in [2.75, 3.05) is 13.2 Å². The lowest BCUT2D eigenvalue weighted by molar-refractivity contribution is -0.295. The molecule has 0 aliphatic carbocycles. The summed E-state index contributed by atoms with van der Waals surface area (Å²) in [5, 5.41) is 0. The molecule has 0 aliphatic rings. The van der Waals surface area contributed by atoms with Crippen molar-refractivity contribution in [2.45, 2.75) is 39.5 Å². The van der Waals surface area contributed by atoms with Gasteiger partial charge in [-0.2, -0.15) is 0 Å². The Morgan fingerprint density at radius 1 is 0.818 bits per heavy atom. The van der Waals surface area contributed by atoms with E-state index in [0.29, 0.717) is 0 Å². The van der Waals surface area contributed by atoms with Gasteiger partial charge in [0.2, 0.25) is 0 Å². The van der Waals surface area contributed by atoms with Crippen LogP contribution in [0.25, 0.3) is 0 Å². The van der Waals surface area contributed by atoms with Crippen LogP contribution in [0.3, 0.4) is 0 Å². The van der Waals surface area contributed by atoms with Gasteiger partial charge in [0, 0.05) is 0 Å². The fourth-order valence-corrected chi connectivity index (χ4v) is 0.524. The molecule has 0 rings (SSSR count). The molecule has 0 aromatic rings. The van der Waals surface area contributed by atoms with Gasteiger partial charge in [0.15, 0.2) is 0 Å². The lowest BCUT2D eigenvalue weighted by Gasteiger charge is -2.00. The minimum Gasteiger partial charge on any atom is -0.412 e. The van der Waals surface area contributed by atoms with Crippen LogP contribution in [0.15, 0.2) is 0 Å². The van der Waals surface area contributed by atoms with E-state index in [1.807, 2.05) is 0 Å². The van der Waals surface area contributed by atoms with Crippen molar-refractivity contribution in [2.24, 2.45) is 0 Å². The summed E-state index contributed by atoms with van der Waals surface area (Å²) in [5.41, 5.74) is 0. The molecule has 0 aromatic heterocycles. The van der Waals surface area contributed by atoms with Crippen LogP contribution in [-0.2, 0) is 9.78 Å². The standard InChI is InChI=1S/C8H18O2.H2O/c1-3-5-7-9-10-8-6-4-2;/h3-8H2,1-2H3;1H2. The van der Waals surface area contributed by atoms with Crippen LogP contribution in [-0.4, -0.2) is 18.7 Å². The van der Waals surface area contributed by atoms with Crippen molar-refractivity contribution in [3.05, 3.63) is 0 Å². The van der Waals surface area contributed by atoms with E-state index >= 15 is 0 Å². The van der Waals surface area contributed by atoms with Crippen LogP contribution >= 0.6 is 0 Å². The van der Waals surface area contributed by atoms with E-state index in [-0.39, 0.29) is 5.48 Å². The first-order chi connectivity index (χ1) is 4.91. The van der Waals surface area contributed by atoms with E-state index in [2.05, 4.69) is 13.8 Å². The molecule has 2 N–H and O–H groups in total. The van der Waals surface area contributed by atoms with Crippen LogP contribution in [0.2, 0.25) is 0 Å². The summed E-state index contributed by atoms with van der Waals surface area (Å²) in [6, 6.07) is 0. The predicted octanol–water partition coefficient (Wildman–Crippen LogP) is 1.71. The fraction of sp³-hybridized carbons (Fsp3) is 1.00. The molecule has 0 saturated carbocycles. The minimum absolute atomic E-state index is 0. The first-order valence-electron chi connectivity index (χ1n) is 4.16. The zero-order valence-electron chi connectivity index (χ0n) is 7.56. The fourth-order valence-electron chi connectivity index (χ4n) is 0.524. The van der Waals surface area contributed by atoms with Gasteiger partial charge in [0.25, 0.3) is 0 Å². The van der Waals surface area contributed by atoms with Gasteiger partial charge in [-0.3, -0.25) is 0 Å². The molecule has 3 heteroatoms. The highest BCUT2D eigenvalue weighted by Crippen LogP contribution is 1.91. The van der Waals surface area contributed by atoms with Crippen molar-refractivity contribution < 1.29 is 15.3 Å². The second kappa shape index (κ2) is 12.5. The van der Waals surface area contributed by atoms with E-state index in [0.717, 1.165) is 38.9 Å². The quantitative estimate of drug-likeness (QED) is 0.327. The third kappa shape index (κ3) is 13.0. The molecule has 0 fully saturated rings. The maximum atomic E-state index is 4.88. The number of hydrogen-bond acceptors (Lipinski definition) is 2. The molecule has 3 nitrogen and oxygen atoms in total. The van der Waals surface area contributed by atoms with E-state index in [1.54, 1.807) is 0 Å². The largest absolute Gasteiger partial charge is 0.412 e. The molecule has 11 heavy (non-hydrogen) atoms. The second-order valence-electron chi connectivity index (χ2n) is 2.35. The predicted molar refractivity (Wildman–Crippen MR) is 45.3 cm³/mol. The van der Waals surface area contributed by atoms with Gasteiger partial charge in [-0.05, 0) is 12.8 Å². The zero-order valence-corrected chi connectivity index (χ0v) is 7.56. The average molecular weight is 164 g/mol. The van der Waals surface area contributed by atoms with Crippen LogP contribution in [0.1, 0.15) is 39.5 Å². The van der Waals surface area contributed by atoms with Crippen LogP contribution in [0.5, 0.6) is 0 Å². The first kappa shape index (κ1) is 13.5. The average Bonchev–Trinajstić information content (AvgIpc) is 1.97. The smallest absolute Gasteiger partial charge is 0.0822 e. The van der Waals surface area contributed by atoms with E-state index in [4.69, 9.17) is 9.78 Å². The van der Waals surface area contributed by atoms with E-state index in [9.17, 15) is 0 Å². The molecule has 0 aromatic carbocycles. The molecule has 0 radical (unpaired) electrons. The highest BCUT2D eigenvalue weighted by Gasteiger charge is 1.86. The van der Waals surface area contributed by atoms with Crippen LogP contribution in [0.4, 0.5) is 0 Å². The molecule has 0 atom stereocenters. The molecule has 0 bridgehead atoms. The topological polar surface area (TPSA) is 50.0 Å². The molecule has 0 heterocycles. The summed E-state index contributed by atoms with van der Waals surface area (Å²) in [7, 11) is 0. The lowest BCUT2D eigenvalue weighted by atomic mass is 10.4. The molecule has 0 spiro atoms. The van der Waals surface area contributed by atoms with Crippen molar-refractivity contribution in [3.63, 3.8) is 0 Å². The normalized spacial score (nSPS) is 9.27. The van der Waals surface area contributed by atoms with Gasteiger partial charge in [-0.25, -0.2) is 9.78 Å². The number of hydrogen-bond donors (Lipinski definition) is 0. The van der Waals surface area contributed by atoms with Crippen molar-refractivity contribution in [1.82, 2.24) is 0 Å². The maximum Gasteiger partial charge on any atom is 0.0822 e. The Morgan fingerprint density at radius 2 is 1.18 bits per heavy atom. The summed E-state index contributed by atoms with van der Waals surface area (Å²) in [5.74, 6) is 0. The van der Waals surface area contributed by atoms with Gasteiger partial charge in [0.1, 0.15) is 0 Å². The SMILES string of the molecule is CCCCOOCCCC.O. The molecule has 0 amide bonds. The molecule has 0 saturated heterocycles.